The van der Waals surface area contributed by atoms with Crippen LogP contribution in [0.3, 0.4) is 0 Å². The van der Waals surface area contributed by atoms with E-state index in [0.717, 1.165) is 28.0 Å². The highest BCUT2D eigenvalue weighted by Gasteiger charge is 2.17. The summed E-state index contributed by atoms with van der Waals surface area (Å²) in [5.41, 5.74) is 4.59. The fourth-order valence-electron chi connectivity index (χ4n) is 2.69. The van der Waals surface area contributed by atoms with Crippen LogP contribution in [0.2, 0.25) is 0 Å². The van der Waals surface area contributed by atoms with E-state index in [4.69, 9.17) is 4.52 Å². The van der Waals surface area contributed by atoms with E-state index in [-0.39, 0.29) is 0 Å². The molecule has 0 aliphatic carbocycles. The van der Waals surface area contributed by atoms with Gasteiger partial charge in [-0.05, 0) is 37.1 Å². The Hall–Kier alpha value is -2.86. The molecule has 0 saturated heterocycles. The van der Waals surface area contributed by atoms with Crippen molar-refractivity contribution in [3.05, 3.63) is 77.7 Å². The molecule has 0 fully saturated rings. The van der Waals surface area contributed by atoms with Gasteiger partial charge in [-0.1, -0.05) is 53.3 Å². The molecule has 0 radical (unpaired) electrons. The summed E-state index contributed by atoms with van der Waals surface area (Å²) in [6.07, 6.45) is 1.65. The molecule has 0 amide bonds. The molecule has 130 valence electrons. The van der Waals surface area contributed by atoms with E-state index in [1.807, 2.05) is 36.4 Å². The molecule has 6 heteroatoms. The highest BCUT2D eigenvalue weighted by molar-refractivity contribution is 7.98. The van der Waals surface area contributed by atoms with E-state index in [1.165, 1.54) is 11.1 Å². The largest absolute Gasteiger partial charge is 0.361 e. The first-order valence-corrected chi connectivity index (χ1v) is 9.32. The van der Waals surface area contributed by atoms with Crippen molar-refractivity contribution >= 4 is 11.8 Å². The van der Waals surface area contributed by atoms with Gasteiger partial charge in [-0.15, -0.1) is 10.2 Å². The molecular formula is C20H18N4OS. The van der Waals surface area contributed by atoms with Crippen LogP contribution in [-0.2, 0) is 5.75 Å². The van der Waals surface area contributed by atoms with Gasteiger partial charge in [-0.3, -0.25) is 4.57 Å². The number of hydrogen-bond donors (Lipinski definition) is 0. The Morgan fingerprint density at radius 2 is 1.81 bits per heavy atom. The number of hydrogen-bond acceptors (Lipinski definition) is 5. The van der Waals surface area contributed by atoms with E-state index < -0.39 is 0 Å². The van der Waals surface area contributed by atoms with Gasteiger partial charge in [0, 0.05) is 11.6 Å². The Labute approximate surface area is 156 Å². The van der Waals surface area contributed by atoms with Gasteiger partial charge < -0.3 is 4.52 Å². The Bertz CT molecular complexity index is 1010. The van der Waals surface area contributed by atoms with Crippen molar-refractivity contribution in [3.8, 4) is 17.1 Å². The molecule has 26 heavy (non-hydrogen) atoms. The van der Waals surface area contributed by atoms with Crippen molar-refractivity contribution in [3.63, 3.8) is 0 Å². The predicted octanol–water partition coefficient (Wildman–Crippen LogP) is 4.83. The average Bonchev–Trinajstić information content (AvgIpc) is 3.32. The Morgan fingerprint density at radius 1 is 0.962 bits per heavy atom. The standard InChI is InChI=1S/C20H18N4OS/c1-14-8-9-17(12-15(14)2)24-19(16-6-4-3-5-7-16)22-23-20(24)26-13-18-10-11-21-25-18/h3-12H,13H2,1-2H3. The maximum atomic E-state index is 5.20. The molecule has 0 unspecified atom stereocenters. The van der Waals surface area contributed by atoms with Crippen LogP contribution in [0.15, 0.2) is 70.5 Å². The van der Waals surface area contributed by atoms with Crippen molar-refractivity contribution < 1.29 is 4.52 Å². The van der Waals surface area contributed by atoms with Gasteiger partial charge in [0.2, 0.25) is 0 Å². The summed E-state index contributed by atoms with van der Waals surface area (Å²) in [5, 5.41) is 13.5. The summed E-state index contributed by atoms with van der Waals surface area (Å²) < 4.78 is 7.30. The summed E-state index contributed by atoms with van der Waals surface area (Å²) in [7, 11) is 0. The number of aromatic nitrogens is 4. The van der Waals surface area contributed by atoms with Gasteiger partial charge in [-0.2, -0.15) is 0 Å². The van der Waals surface area contributed by atoms with E-state index in [0.29, 0.717) is 5.75 Å². The van der Waals surface area contributed by atoms with E-state index in [9.17, 15) is 0 Å². The monoisotopic (exact) mass is 362 g/mol. The van der Waals surface area contributed by atoms with Crippen LogP contribution in [0.4, 0.5) is 0 Å². The lowest BCUT2D eigenvalue weighted by Gasteiger charge is -2.12. The molecule has 0 aliphatic rings. The molecule has 0 N–H and O–H groups in total. The van der Waals surface area contributed by atoms with Crippen LogP contribution in [0, 0.1) is 13.8 Å². The van der Waals surface area contributed by atoms with E-state index in [1.54, 1.807) is 18.0 Å². The van der Waals surface area contributed by atoms with Gasteiger partial charge >= 0.3 is 0 Å². The van der Waals surface area contributed by atoms with Crippen molar-refractivity contribution in [1.82, 2.24) is 19.9 Å². The number of rotatable bonds is 5. The molecule has 5 nitrogen and oxygen atoms in total. The van der Waals surface area contributed by atoms with Gasteiger partial charge in [0.05, 0.1) is 17.6 Å². The van der Waals surface area contributed by atoms with Crippen molar-refractivity contribution in [2.24, 2.45) is 0 Å². The third-order valence-corrected chi connectivity index (χ3v) is 5.20. The SMILES string of the molecule is Cc1ccc(-n2c(SCc3ccno3)nnc2-c2ccccc2)cc1C. The smallest absolute Gasteiger partial charge is 0.196 e. The minimum absolute atomic E-state index is 0.651. The number of nitrogens with zero attached hydrogens (tertiary/aromatic N) is 4. The molecule has 4 aromatic rings. The van der Waals surface area contributed by atoms with E-state index >= 15 is 0 Å². The molecule has 2 aromatic carbocycles. The zero-order valence-corrected chi connectivity index (χ0v) is 15.4. The van der Waals surface area contributed by atoms with Crippen molar-refractivity contribution in [2.75, 3.05) is 0 Å². The van der Waals surface area contributed by atoms with Gasteiger partial charge in [0.15, 0.2) is 11.0 Å². The average molecular weight is 362 g/mol. The molecule has 0 spiro atoms. The number of benzene rings is 2. The first kappa shape index (κ1) is 16.6. The van der Waals surface area contributed by atoms with Crippen LogP contribution in [0.25, 0.3) is 17.1 Å². The van der Waals surface area contributed by atoms with Crippen LogP contribution >= 0.6 is 11.8 Å². The molecule has 0 bridgehead atoms. The van der Waals surface area contributed by atoms with Crippen LogP contribution < -0.4 is 0 Å². The summed E-state index contributed by atoms with van der Waals surface area (Å²) in [5.74, 6) is 2.29. The molecular weight excluding hydrogens is 344 g/mol. The number of aryl methyl sites for hydroxylation is 2. The summed E-state index contributed by atoms with van der Waals surface area (Å²) >= 11 is 1.58. The minimum atomic E-state index is 0.651. The van der Waals surface area contributed by atoms with Crippen molar-refractivity contribution in [1.29, 1.82) is 0 Å². The Morgan fingerprint density at radius 3 is 2.54 bits per heavy atom. The second-order valence-electron chi connectivity index (χ2n) is 6.04. The molecule has 4 rings (SSSR count). The summed E-state index contributed by atoms with van der Waals surface area (Å²) in [6, 6.07) is 18.4. The molecule has 2 aromatic heterocycles. The lowest BCUT2D eigenvalue weighted by molar-refractivity contribution is 0.395. The first-order chi connectivity index (χ1) is 12.7. The summed E-state index contributed by atoms with van der Waals surface area (Å²) in [6.45, 7) is 4.23. The lowest BCUT2D eigenvalue weighted by Crippen LogP contribution is -2.00. The second kappa shape index (κ2) is 7.17. The zero-order valence-electron chi connectivity index (χ0n) is 14.6. The van der Waals surface area contributed by atoms with Crippen LogP contribution in [-0.4, -0.2) is 19.9 Å². The highest BCUT2D eigenvalue weighted by atomic mass is 32.2. The third kappa shape index (κ3) is 3.28. The maximum absolute atomic E-state index is 5.20. The molecule has 0 saturated carbocycles. The lowest BCUT2D eigenvalue weighted by atomic mass is 10.1. The van der Waals surface area contributed by atoms with Crippen LogP contribution in [0.5, 0.6) is 0 Å². The fraction of sp³-hybridized carbons (Fsp3) is 0.150. The van der Waals surface area contributed by atoms with Crippen LogP contribution in [0.1, 0.15) is 16.9 Å². The fourth-order valence-corrected chi connectivity index (χ4v) is 3.53. The van der Waals surface area contributed by atoms with E-state index in [2.05, 4.69) is 52.0 Å². The Balaban J connectivity index is 1.78. The predicted molar refractivity (Wildman–Crippen MR) is 102 cm³/mol. The van der Waals surface area contributed by atoms with Gasteiger partial charge in [0.1, 0.15) is 5.76 Å². The zero-order chi connectivity index (χ0) is 17.9. The highest BCUT2D eigenvalue weighted by Crippen LogP contribution is 2.30. The molecule has 2 heterocycles. The first-order valence-electron chi connectivity index (χ1n) is 8.33. The van der Waals surface area contributed by atoms with Gasteiger partial charge in [0.25, 0.3) is 0 Å². The molecule has 0 aliphatic heterocycles. The normalized spacial score (nSPS) is 11.0. The second-order valence-corrected chi connectivity index (χ2v) is 6.99. The summed E-state index contributed by atoms with van der Waals surface area (Å²) in [4.78, 5) is 0. The Kier molecular flexibility index (Phi) is 4.58. The quantitative estimate of drug-likeness (QED) is 0.476. The van der Waals surface area contributed by atoms with Crippen molar-refractivity contribution in [2.45, 2.75) is 24.8 Å². The third-order valence-electron chi connectivity index (χ3n) is 4.25. The maximum Gasteiger partial charge on any atom is 0.196 e. The number of thioether (sulfide) groups is 1. The van der Waals surface area contributed by atoms with Gasteiger partial charge in [-0.25, -0.2) is 0 Å². The molecule has 0 atom stereocenters. The minimum Gasteiger partial charge on any atom is -0.361 e. The topological polar surface area (TPSA) is 56.7 Å².